The fourth-order valence-corrected chi connectivity index (χ4v) is 1.73. The summed E-state index contributed by atoms with van der Waals surface area (Å²) in [6, 6.07) is 11.7. The number of hydrogen-bond acceptors (Lipinski definition) is 3. The van der Waals surface area contributed by atoms with Crippen LogP contribution in [0.4, 0.5) is 10.1 Å². The van der Waals surface area contributed by atoms with Crippen LogP contribution in [0.5, 0.6) is 0 Å². The lowest BCUT2D eigenvalue weighted by Gasteiger charge is -2.02. The summed E-state index contributed by atoms with van der Waals surface area (Å²) in [6.45, 7) is 0.268. The molecule has 0 aliphatic heterocycles. The number of nitrogens with zero attached hydrogens (tertiary/aromatic N) is 1. The number of nitro groups is 1. The van der Waals surface area contributed by atoms with Crippen molar-refractivity contribution in [2.45, 2.75) is 6.54 Å². The molecule has 1 amide bonds. The van der Waals surface area contributed by atoms with Crippen LogP contribution in [-0.4, -0.2) is 10.8 Å². The summed E-state index contributed by atoms with van der Waals surface area (Å²) in [5.74, 6) is -0.637. The maximum Gasteiger partial charge on any atom is 0.269 e. The van der Waals surface area contributed by atoms with Gasteiger partial charge in [-0.05, 0) is 29.3 Å². The standard InChI is InChI=1S/C16H13FN2O3/c17-14-6-1-12(2-7-14)5-10-16(20)18-11-13-3-8-15(9-4-13)19(21)22/h1-10H,11H2,(H,18,20)/b10-5+. The van der Waals surface area contributed by atoms with Gasteiger partial charge >= 0.3 is 0 Å². The summed E-state index contributed by atoms with van der Waals surface area (Å²) in [6.07, 6.45) is 2.92. The molecule has 0 aliphatic rings. The van der Waals surface area contributed by atoms with E-state index in [1.807, 2.05) is 0 Å². The van der Waals surface area contributed by atoms with E-state index in [1.165, 1.54) is 30.3 Å². The first kappa shape index (κ1) is 15.4. The fourth-order valence-electron chi connectivity index (χ4n) is 1.73. The molecular weight excluding hydrogens is 287 g/mol. The average Bonchev–Trinajstić information content (AvgIpc) is 2.52. The maximum absolute atomic E-state index is 12.7. The van der Waals surface area contributed by atoms with E-state index in [-0.39, 0.29) is 24.0 Å². The van der Waals surface area contributed by atoms with Crippen LogP contribution in [0.2, 0.25) is 0 Å². The van der Waals surface area contributed by atoms with Gasteiger partial charge in [0.15, 0.2) is 0 Å². The fraction of sp³-hybridized carbons (Fsp3) is 0.0625. The maximum atomic E-state index is 12.7. The first-order valence-corrected chi connectivity index (χ1v) is 6.49. The Morgan fingerprint density at radius 1 is 1.14 bits per heavy atom. The van der Waals surface area contributed by atoms with Crippen molar-refractivity contribution in [2.75, 3.05) is 0 Å². The van der Waals surface area contributed by atoms with E-state index < -0.39 is 4.92 Å². The Labute approximate surface area is 126 Å². The van der Waals surface area contributed by atoms with E-state index in [4.69, 9.17) is 0 Å². The molecule has 0 heterocycles. The van der Waals surface area contributed by atoms with Crippen molar-refractivity contribution in [3.05, 3.63) is 81.7 Å². The number of hydrogen-bond donors (Lipinski definition) is 1. The first-order valence-electron chi connectivity index (χ1n) is 6.49. The summed E-state index contributed by atoms with van der Waals surface area (Å²) in [5.41, 5.74) is 1.48. The molecule has 0 saturated heterocycles. The molecule has 22 heavy (non-hydrogen) atoms. The van der Waals surface area contributed by atoms with E-state index >= 15 is 0 Å². The van der Waals surface area contributed by atoms with Gasteiger partial charge in [0.2, 0.25) is 5.91 Å². The van der Waals surface area contributed by atoms with Crippen molar-refractivity contribution in [3.8, 4) is 0 Å². The monoisotopic (exact) mass is 300 g/mol. The van der Waals surface area contributed by atoms with Crippen LogP contribution in [0, 0.1) is 15.9 Å². The normalized spacial score (nSPS) is 10.6. The predicted molar refractivity (Wildman–Crippen MR) is 80.4 cm³/mol. The van der Waals surface area contributed by atoms with Crippen molar-refractivity contribution in [1.82, 2.24) is 5.32 Å². The Balaban J connectivity index is 1.87. The van der Waals surface area contributed by atoms with Crippen LogP contribution in [0.3, 0.4) is 0 Å². The summed E-state index contributed by atoms with van der Waals surface area (Å²) < 4.78 is 12.7. The van der Waals surface area contributed by atoms with Gasteiger partial charge < -0.3 is 5.32 Å². The number of halogens is 1. The average molecular weight is 300 g/mol. The smallest absolute Gasteiger partial charge is 0.269 e. The molecule has 112 valence electrons. The van der Waals surface area contributed by atoms with E-state index in [0.717, 1.165) is 5.56 Å². The third-order valence-corrected chi connectivity index (χ3v) is 2.91. The van der Waals surface area contributed by atoms with E-state index in [9.17, 15) is 19.3 Å². The van der Waals surface area contributed by atoms with Crippen LogP contribution >= 0.6 is 0 Å². The van der Waals surface area contributed by atoms with Crippen LogP contribution < -0.4 is 5.32 Å². The van der Waals surface area contributed by atoms with Gasteiger partial charge in [-0.25, -0.2) is 4.39 Å². The summed E-state index contributed by atoms with van der Waals surface area (Å²) in [7, 11) is 0. The molecule has 0 radical (unpaired) electrons. The van der Waals surface area contributed by atoms with Gasteiger partial charge in [0.1, 0.15) is 5.82 Å². The lowest BCUT2D eigenvalue weighted by Crippen LogP contribution is -2.20. The molecule has 5 nitrogen and oxygen atoms in total. The number of carbonyl (C=O) groups is 1. The zero-order valence-corrected chi connectivity index (χ0v) is 11.5. The Bertz CT molecular complexity index is 694. The Morgan fingerprint density at radius 2 is 1.77 bits per heavy atom. The van der Waals surface area contributed by atoms with Gasteiger partial charge in [0.25, 0.3) is 5.69 Å². The number of rotatable bonds is 5. The van der Waals surface area contributed by atoms with Crippen molar-refractivity contribution >= 4 is 17.7 Å². The van der Waals surface area contributed by atoms with Crippen LogP contribution in [0.15, 0.2) is 54.6 Å². The number of benzene rings is 2. The molecule has 2 aromatic rings. The SMILES string of the molecule is O=C(/C=C/c1ccc(F)cc1)NCc1ccc([N+](=O)[O-])cc1. The molecule has 2 aromatic carbocycles. The largest absolute Gasteiger partial charge is 0.348 e. The van der Waals surface area contributed by atoms with Gasteiger partial charge in [0.05, 0.1) is 4.92 Å². The topological polar surface area (TPSA) is 72.2 Å². The Kier molecular flexibility index (Phi) is 4.98. The molecule has 0 fully saturated rings. The van der Waals surface area contributed by atoms with Gasteiger partial charge in [-0.3, -0.25) is 14.9 Å². The molecule has 1 N–H and O–H groups in total. The molecule has 0 aliphatic carbocycles. The molecule has 2 rings (SSSR count). The number of carbonyl (C=O) groups excluding carboxylic acids is 1. The highest BCUT2D eigenvalue weighted by Crippen LogP contribution is 2.11. The zero-order valence-electron chi connectivity index (χ0n) is 11.5. The number of non-ortho nitro benzene ring substituents is 1. The summed E-state index contributed by atoms with van der Waals surface area (Å²) in [5, 5.41) is 13.2. The molecule has 0 atom stereocenters. The molecular formula is C16H13FN2O3. The minimum absolute atomic E-state index is 0.00582. The zero-order chi connectivity index (χ0) is 15.9. The highest BCUT2D eigenvalue weighted by molar-refractivity contribution is 5.91. The van der Waals surface area contributed by atoms with Crippen LogP contribution in [-0.2, 0) is 11.3 Å². The first-order chi connectivity index (χ1) is 10.5. The number of nitro benzene ring substituents is 1. The molecule has 0 saturated carbocycles. The van der Waals surface area contributed by atoms with Crippen LogP contribution in [0.1, 0.15) is 11.1 Å². The molecule has 6 heteroatoms. The third-order valence-electron chi connectivity index (χ3n) is 2.91. The number of nitrogens with one attached hydrogen (secondary N) is 1. The Hall–Kier alpha value is -3.02. The van der Waals surface area contributed by atoms with E-state index in [2.05, 4.69) is 5.32 Å². The van der Waals surface area contributed by atoms with Crippen molar-refractivity contribution < 1.29 is 14.1 Å². The van der Waals surface area contributed by atoms with E-state index in [1.54, 1.807) is 30.3 Å². The van der Waals surface area contributed by atoms with Gasteiger partial charge in [-0.2, -0.15) is 0 Å². The van der Waals surface area contributed by atoms with Crippen molar-refractivity contribution in [3.63, 3.8) is 0 Å². The van der Waals surface area contributed by atoms with Crippen molar-refractivity contribution in [1.29, 1.82) is 0 Å². The summed E-state index contributed by atoms with van der Waals surface area (Å²) in [4.78, 5) is 21.7. The van der Waals surface area contributed by atoms with Gasteiger partial charge in [0, 0.05) is 24.8 Å². The van der Waals surface area contributed by atoms with Gasteiger partial charge in [-0.15, -0.1) is 0 Å². The Morgan fingerprint density at radius 3 is 2.36 bits per heavy atom. The molecule has 0 aromatic heterocycles. The quantitative estimate of drug-likeness (QED) is 0.524. The lowest BCUT2D eigenvalue weighted by atomic mass is 10.2. The highest BCUT2D eigenvalue weighted by Gasteiger charge is 2.04. The molecule has 0 unspecified atom stereocenters. The molecule has 0 spiro atoms. The van der Waals surface area contributed by atoms with E-state index in [0.29, 0.717) is 5.56 Å². The van der Waals surface area contributed by atoms with Gasteiger partial charge in [-0.1, -0.05) is 24.3 Å². The highest BCUT2D eigenvalue weighted by atomic mass is 19.1. The minimum Gasteiger partial charge on any atom is -0.348 e. The molecule has 0 bridgehead atoms. The second kappa shape index (κ2) is 7.12. The summed E-state index contributed by atoms with van der Waals surface area (Å²) >= 11 is 0. The minimum atomic E-state index is -0.478. The second-order valence-corrected chi connectivity index (χ2v) is 4.53. The second-order valence-electron chi connectivity index (χ2n) is 4.53. The number of amides is 1. The third kappa shape index (κ3) is 4.52. The lowest BCUT2D eigenvalue weighted by molar-refractivity contribution is -0.384. The van der Waals surface area contributed by atoms with Crippen molar-refractivity contribution in [2.24, 2.45) is 0 Å². The van der Waals surface area contributed by atoms with Crippen LogP contribution in [0.25, 0.3) is 6.08 Å². The predicted octanol–water partition coefficient (Wildman–Crippen LogP) is 3.06.